The highest BCUT2D eigenvalue weighted by molar-refractivity contribution is 5.76. The van der Waals surface area contributed by atoms with E-state index in [2.05, 4.69) is 5.32 Å². The van der Waals surface area contributed by atoms with Crippen molar-refractivity contribution in [2.24, 2.45) is 0 Å². The number of amides is 1. The second kappa shape index (κ2) is 6.71. The standard InChI is InChI=1S/C16H23NO2/c18-15(10-9-14-7-3-1-4-8-14)17-13-16(19)11-5-2-6-12-16/h1,3-4,7-8,19H,2,5-6,9-13H2,(H,17,18). The molecule has 1 aromatic carbocycles. The molecule has 1 aliphatic carbocycles. The van der Waals surface area contributed by atoms with Crippen molar-refractivity contribution in [3.63, 3.8) is 0 Å². The van der Waals surface area contributed by atoms with E-state index >= 15 is 0 Å². The highest BCUT2D eigenvalue weighted by atomic mass is 16.3. The van der Waals surface area contributed by atoms with Crippen LogP contribution in [0.1, 0.15) is 44.1 Å². The molecule has 0 heterocycles. The summed E-state index contributed by atoms with van der Waals surface area (Å²) in [6.07, 6.45) is 6.19. The van der Waals surface area contributed by atoms with Gasteiger partial charge in [-0.2, -0.15) is 0 Å². The lowest BCUT2D eigenvalue weighted by molar-refractivity contribution is -0.122. The molecule has 1 aromatic rings. The highest BCUT2D eigenvalue weighted by Gasteiger charge is 2.29. The van der Waals surface area contributed by atoms with E-state index in [4.69, 9.17) is 0 Å². The molecule has 2 N–H and O–H groups in total. The lowest BCUT2D eigenvalue weighted by Crippen LogP contribution is -2.44. The fourth-order valence-electron chi connectivity index (χ4n) is 2.64. The number of nitrogens with one attached hydrogen (secondary N) is 1. The van der Waals surface area contributed by atoms with Crippen LogP contribution in [0.4, 0.5) is 0 Å². The van der Waals surface area contributed by atoms with Crippen LogP contribution in [0, 0.1) is 0 Å². The summed E-state index contributed by atoms with van der Waals surface area (Å²) in [4.78, 5) is 11.8. The fraction of sp³-hybridized carbons (Fsp3) is 0.562. The average Bonchev–Trinajstić information content (AvgIpc) is 2.45. The lowest BCUT2D eigenvalue weighted by Gasteiger charge is -2.32. The molecule has 3 nitrogen and oxygen atoms in total. The first-order valence-electron chi connectivity index (χ1n) is 7.21. The first kappa shape index (κ1) is 14.1. The Morgan fingerprint density at radius 1 is 1.16 bits per heavy atom. The van der Waals surface area contributed by atoms with Gasteiger partial charge in [-0.25, -0.2) is 0 Å². The quantitative estimate of drug-likeness (QED) is 0.855. The van der Waals surface area contributed by atoms with Crippen molar-refractivity contribution in [1.29, 1.82) is 0 Å². The Morgan fingerprint density at radius 3 is 2.53 bits per heavy atom. The van der Waals surface area contributed by atoms with E-state index in [-0.39, 0.29) is 5.91 Å². The maximum atomic E-state index is 11.8. The van der Waals surface area contributed by atoms with Crippen LogP contribution in [-0.4, -0.2) is 23.2 Å². The number of aryl methyl sites for hydroxylation is 1. The molecule has 0 unspecified atom stereocenters. The summed E-state index contributed by atoms with van der Waals surface area (Å²) in [5, 5.41) is 13.2. The third-order valence-corrected chi connectivity index (χ3v) is 3.88. The zero-order valence-electron chi connectivity index (χ0n) is 11.4. The van der Waals surface area contributed by atoms with Gasteiger partial charge in [-0.05, 0) is 24.8 Å². The van der Waals surface area contributed by atoms with Gasteiger partial charge in [0.1, 0.15) is 0 Å². The van der Waals surface area contributed by atoms with Crippen LogP contribution in [-0.2, 0) is 11.2 Å². The van der Waals surface area contributed by atoms with Crippen molar-refractivity contribution in [2.75, 3.05) is 6.54 Å². The molecule has 1 aliphatic rings. The largest absolute Gasteiger partial charge is 0.388 e. The zero-order chi connectivity index (χ0) is 13.6. The second-order valence-electron chi connectivity index (χ2n) is 5.55. The van der Waals surface area contributed by atoms with Crippen LogP contribution < -0.4 is 5.32 Å². The molecular formula is C16H23NO2. The summed E-state index contributed by atoms with van der Waals surface area (Å²) in [6.45, 7) is 0.403. The Hall–Kier alpha value is -1.35. The molecule has 0 radical (unpaired) electrons. The Bertz CT molecular complexity index is 396. The Balaban J connectivity index is 1.70. The molecule has 1 saturated carbocycles. The van der Waals surface area contributed by atoms with Gasteiger partial charge in [0.15, 0.2) is 0 Å². The predicted molar refractivity (Wildman–Crippen MR) is 75.8 cm³/mol. The Morgan fingerprint density at radius 2 is 1.84 bits per heavy atom. The molecule has 1 fully saturated rings. The Labute approximate surface area is 115 Å². The molecule has 19 heavy (non-hydrogen) atoms. The van der Waals surface area contributed by atoms with Gasteiger partial charge in [0, 0.05) is 13.0 Å². The minimum atomic E-state index is -0.666. The van der Waals surface area contributed by atoms with Crippen LogP contribution in [0.25, 0.3) is 0 Å². The van der Waals surface area contributed by atoms with Gasteiger partial charge in [-0.1, -0.05) is 49.6 Å². The van der Waals surface area contributed by atoms with E-state index in [9.17, 15) is 9.90 Å². The summed E-state index contributed by atoms with van der Waals surface area (Å²) < 4.78 is 0. The molecule has 1 amide bonds. The zero-order valence-corrected chi connectivity index (χ0v) is 11.4. The highest BCUT2D eigenvalue weighted by Crippen LogP contribution is 2.27. The minimum absolute atomic E-state index is 0.0304. The summed E-state index contributed by atoms with van der Waals surface area (Å²) in [5.41, 5.74) is 0.509. The number of hydrogen-bond acceptors (Lipinski definition) is 2. The minimum Gasteiger partial charge on any atom is -0.388 e. The Kier molecular flexibility index (Phi) is 4.97. The van der Waals surface area contributed by atoms with Crippen molar-refractivity contribution in [2.45, 2.75) is 50.5 Å². The van der Waals surface area contributed by atoms with Gasteiger partial charge < -0.3 is 10.4 Å². The number of aliphatic hydroxyl groups is 1. The normalized spacial score (nSPS) is 17.9. The average molecular weight is 261 g/mol. The molecular weight excluding hydrogens is 238 g/mol. The van der Waals surface area contributed by atoms with E-state index < -0.39 is 5.60 Å². The van der Waals surface area contributed by atoms with Gasteiger partial charge in [0.2, 0.25) is 5.91 Å². The smallest absolute Gasteiger partial charge is 0.220 e. The number of carbonyl (C=O) groups excluding carboxylic acids is 1. The maximum Gasteiger partial charge on any atom is 0.220 e. The first-order chi connectivity index (χ1) is 9.18. The van der Waals surface area contributed by atoms with Gasteiger partial charge in [0.25, 0.3) is 0 Å². The van der Waals surface area contributed by atoms with Crippen LogP contribution in [0.2, 0.25) is 0 Å². The molecule has 0 aromatic heterocycles. The summed E-state index contributed by atoms with van der Waals surface area (Å²) in [7, 11) is 0. The molecule has 0 spiro atoms. The topological polar surface area (TPSA) is 49.3 Å². The van der Waals surface area contributed by atoms with Crippen LogP contribution in [0.5, 0.6) is 0 Å². The second-order valence-corrected chi connectivity index (χ2v) is 5.55. The lowest BCUT2D eigenvalue weighted by atomic mass is 9.85. The van der Waals surface area contributed by atoms with Gasteiger partial charge in [-0.3, -0.25) is 4.79 Å². The van der Waals surface area contributed by atoms with Crippen LogP contribution >= 0.6 is 0 Å². The van der Waals surface area contributed by atoms with Crippen LogP contribution in [0.3, 0.4) is 0 Å². The monoisotopic (exact) mass is 261 g/mol. The molecule has 3 heteroatoms. The molecule has 0 aliphatic heterocycles. The molecule has 0 atom stereocenters. The van der Waals surface area contributed by atoms with E-state index in [1.165, 1.54) is 12.0 Å². The number of carbonyl (C=O) groups is 1. The van der Waals surface area contributed by atoms with E-state index in [0.717, 1.165) is 32.1 Å². The first-order valence-corrected chi connectivity index (χ1v) is 7.21. The van der Waals surface area contributed by atoms with Crippen LogP contribution in [0.15, 0.2) is 30.3 Å². The maximum absolute atomic E-state index is 11.8. The van der Waals surface area contributed by atoms with E-state index in [1.54, 1.807) is 0 Å². The van der Waals surface area contributed by atoms with Crippen molar-refractivity contribution in [3.05, 3.63) is 35.9 Å². The third-order valence-electron chi connectivity index (χ3n) is 3.88. The van der Waals surface area contributed by atoms with Crippen molar-refractivity contribution >= 4 is 5.91 Å². The summed E-state index contributed by atoms with van der Waals surface area (Å²) in [6, 6.07) is 10.0. The fourth-order valence-corrected chi connectivity index (χ4v) is 2.64. The number of hydrogen-bond donors (Lipinski definition) is 2. The van der Waals surface area contributed by atoms with Crippen molar-refractivity contribution in [1.82, 2.24) is 5.32 Å². The SMILES string of the molecule is O=C(CCc1ccccc1)NCC1(O)CCCCC1. The predicted octanol–water partition coefficient (Wildman–Crippen LogP) is 2.43. The molecule has 0 saturated heterocycles. The van der Waals surface area contributed by atoms with Crippen molar-refractivity contribution in [3.8, 4) is 0 Å². The summed E-state index contributed by atoms with van der Waals surface area (Å²) >= 11 is 0. The van der Waals surface area contributed by atoms with E-state index in [0.29, 0.717) is 13.0 Å². The number of benzene rings is 1. The van der Waals surface area contributed by atoms with Crippen molar-refractivity contribution < 1.29 is 9.90 Å². The van der Waals surface area contributed by atoms with Gasteiger partial charge in [0.05, 0.1) is 5.60 Å². The van der Waals surface area contributed by atoms with Gasteiger partial charge >= 0.3 is 0 Å². The van der Waals surface area contributed by atoms with Gasteiger partial charge in [-0.15, -0.1) is 0 Å². The molecule has 0 bridgehead atoms. The third kappa shape index (κ3) is 4.67. The number of rotatable bonds is 5. The molecule has 104 valence electrons. The molecule has 2 rings (SSSR count). The van der Waals surface area contributed by atoms with E-state index in [1.807, 2.05) is 30.3 Å². The summed E-state index contributed by atoms with van der Waals surface area (Å²) in [5.74, 6) is 0.0304.